The van der Waals surface area contributed by atoms with Gasteiger partial charge < -0.3 is 38.5 Å². The van der Waals surface area contributed by atoms with Crippen molar-refractivity contribution in [3.63, 3.8) is 0 Å². The fourth-order valence-corrected chi connectivity index (χ4v) is 9.59. The fourth-order valence-electron chi connectivity index (χ4n) is 9.59. The largest absolute Gasteiger partial charge is 0.497 e. The molecule has 66 heavy (non-hydrogen) atoms. The zero-order chi connectivity index (χ0) is 47.5. The molecule has 1 amide bonds. The third kappa shape index (κ3) is 10.9. The zero-order valence-electron chi connectivity index (χ0n) is 39.2. The van der Waals surface area contributed by atoms with Crippen LogP contribution in [0.5, 0.6) is 17.5 Å². The molecule has 0 saturated carbocycles. The molecule has 12 nitrogen and oxygen atoms in total. The lowest BCUT2D eigenvalue weighted by molar-refractivity contribution is -0.139. The van der Waals surface area contributed by atoms with Gasteiger partial charge in [0.15, 0.2) is 5.82 Å². The first kappa shape index (κ1) is 48.1. The molecule has 0 spiro atoms. The Bertz CT molecular complexity index is 2340. The number of amides is 1. The van der Waals surface area contributed by atoms with Gasteiger partial charge in [0.25, 0.3) is 0 Å². The van der Waals surface area contributed by atoms with Crippen molar-refractivity contribution in [3.05, 3.63) is 99.5 Å². The van der Waals surface area contributed by atoms with Gasteiger partial charge in [0.1, 0.15) is 29.5 Å². The van der Waals surface area contributed by atoms with Crippen molar-refractivity contribution in [2.75, 3.05) is 63.9 Å². The van der Waals surface area contributed by atoms with Crippen LogP contribution in [0.4, 0.5) is 33.9 Å². The smallest absolute Gasteiger partial charge is 0.417 e. The third-order valence-electron chi connectivity index (χ3n) is 13.0. The molecule has 2 fully saturated rings. The minimum atomic E-state index is -4.86. The summed E-state index contributed by atoms with van der Waals surface area (Å²) in [5.74, 6) is -0.520. The molecule has 16 heteroatoms. The van der Waals surface area contributed by atoms with Crippen molar-refractivity contribution in [1.29, 1.82) is 5.26 Å². The maximum absolute atomic E-state index is 17.8. The number of ether oxygens (including phenoxy) is 4. The number of aryl methyl sites for hydroxylation is 1. The minimum Gasteiger partial charge on any atom is -0.497 e. The molecule has 4 aromatic rings. The van der Waals surface area contributed by atoms with Gasteiger partial charge in [-0.05, 0) is 126 Å². The lowest BCUT2D eigenvalue weighted by Gasteiger charge is -2.43. The number of nitrogens with zero attached hydrogens (tertiary/aromatic N) is 7. The van der Waals surface area contributed by atoms with Crippen LogP contribution in [0, 0.1) is 30.0 Å². The van der Waals surface area contributed by atoms with Crippen molar-refractivity contribution in [1.82, 2.24) is 19.8 Å². The Hall–Kier alpha value is -5.82. The number of carbonyl (C=O) groups excluding carboxylic acids is 1. The van der Waals surface area contributed by atoms with Gasteiger partial charge in [0.05, 0.1) is 49.7 Å². The summed E-state index contributed by atoms with van der Waals surface area (Å²) in [5.41, 5.74) is 0.699. The number of aromatic nitrogens is 2. The third-order valence-corrected chi connectivity index (χ3v) is 13.0. The van der Waals surface area contributed by atoms with Gasteiger partial charge in [0, 0.05) is 49.9 Å². The van der Waals surface area contributed by atoms with Crippen molar-refractivity contribution in [3.8, 4) is 23.6 Å². The highest BCUT2D eigenvalue weighted by atomic mass is 19.4. The van der Waals surface area contributed by atoms with Crippen molar-refractivity contribution < 1.29 is 41.3 Å². The van der Waals surface area contributed by atoms with E-state index in [1.807, 2.05) is 43.1 Å². The number of carbonyl (C=O) groups is 1. The quantitative estimate of drug-likeness (QED) is 0.120. The molecule has 3 unspecified atom stereocenters. The Labute approximate surface area is 385 Å². The minimum absolute atomic E-state index is 0.00887. The molecule has 3 aliphatic rings. The van der Waals surface area contributed by atoms with E-state index in [9.17, 15) is 10.1 Å². The van der Waals surface area contributed by atoms with Gasteiger partial charge >= 0.3 is 18.3 Å². The maximum Gasteiger partial charge on any atom is 0.417 e. The topological polar surface area (TPSA) is 117 Å². The van der Waals surface area contributed by atoms with Crippen LogP contribution in [0.1, 0.15) is 91.9 Å². The molecule has 3 heterocycles. The average Bonchev–Trinajstić information content (AvgIpc) is 3.69. The molecular weight excluding hydrogens is 855 g/mol. The second-order valence-electron chi connectivity index (χ2n) is 18.8. The Morgan fingerprint density at radius 2 is 1.56 bits per heavy atom. The predicted molar refractivity (Wildman–Crippen MR) is 244 cm³/mol. The van der Waals surface area contributed by atoms with E-state index in [0.717, 1.165) is 36.1 Å². The number of hydrogen-bond acceptors (Lipinski definition) is 11. The van der Waals surface area contributed by atoms with Crippen LogP contribution in [0.2, 0.25) is 0 Å². The summed E-state index contributed by atoms with van der Waals surface area (Å²) in [6, 6.07) is 17.8. The number of rotatable bonds is 13. The molecule has 3 aromatic carbocycles. The normalized spacial score (nSPS) is 20.1. The van der Waals surface area contributed by atoms with E-state index in [0.29, 0.717) is 36.2 Å². The van der Waals surface area contributed by atoms with Crippen molar-refractivity contribution in [2.24, 2.45) is 5.92 Å². The molecule has 2 aliphatic heterocycles. The number of likely N-dealkylation sites (tertiary alicyclic amines) is 1. The molecule has 354 valence electrons. The SMILES string of the molecule is COc1ccc(CN(Cc2ccc(OC)cc2)c2cc(C)c(C(F)(F)F)c(C3Cc4nc(OC[C@@H]5CCCN5C)nc(N5CCN(C(=O)OC(C)(C)C)C(CC#N)C5)c4CC3C)c2F)cc1. The second-order valence-corrected chi connectivity index (χ2v) is 18.8. The number of hydrogen-bond donors (Lipinski definition) is 0. The summed E-state index contributed by atoms with van der Waals surface area (Å²) in [6.45, 7) is 11.1. The molecule has 0 bridgehead atoms. The summed E-state index contributed by atoms with van der Waals surface area (Å²) >= 11 is 0. The number of likely N-dealkylation sites (N-methyl/N-ethyl adjacent to an activating group) is 1. The Balaban J connectivity index is 1.30. The van der Waals surface area contributed by atoms with E-state index in [-0.39, 0.29) is 74.3 Å². The first-order valence-electron chi connectivity index (χ1n) is 22.6. The van der Waals surface area contributed by atoms with Gasteiger partial charge in [-0.15, -0.1) is 0 Å². The van der Waals surface area contributed by atoms with Gasteiger partial charge in [-0.1, -0.05) is 31.2 Å². The molecule has 4 atom stereocenters. The first-order chi connectivity index (χ1) is 31.4. The van der Waals surface area contributed by atoms with Crippen molar-refractivity contribution in [2.45, 2.75) is 110 Å². The Kier molecular flexibility index (Phi) is 14.6. The van der Waals surface area contributed by atoms with Crippen LogP contribution in [0.3, 0.4) is 0 Å². The Morgan fingerprint density at radius 1 is 0.924 bits per heavy atom. The van der Waals surface area contributed by atoms with Crippen LogP contribution >= 0.6 is 0 Å². The first-order valence-corrected chi connectivity index (χ1v) is 22.6. The number of alkyl halides is 3. The van der Waals surface area contributed by atoms with E-state index >= 15 is 17.6 Å². The highest BCUT2D eigenvalue weighted by Gasteiger charge is 2.44. The van der Waals surface area contributed by atoms with Gasteiger partial charge in [0.2, 0.25) is 0 Å². The molecule has 0 radical (unpaired) electrons. The summed E-state index contributed by atoms with van der Waals surface area (Å²) in [4.78, 5) is 30.8. The summed E-state index contributed by atoms with van der Waals surface area (Å²) < 4.78 is 86.9. The van der Waals surface area contributed by atoms with Gasteiger partial charge in [-0.25, -0.2) is 9.18 Å². The van der Waals surface area contributed by atoms with Crippen LogP contribution in [0.25, 0.3) is 0 Å². The van der Waals surface area contributed by atoms with Crippen molar-refractivity contribution >= 4 is 17.6 Å². The predicted octanol–water partition coefficient (Wildman–Crippen LogP) is 9.50. The number of halogens is 4. The lowest BCUT2D eigenvalue weighted by atomic mass is 9.73. The highest BCUT2D eigenvalue weighted by Crippen LogP contribution is 2.48. The Morgan fingerprint density at radius 3 is 2.11 bits per heavy atom. The number of fused-ring (bicyclic) bond motifs is 1. The number of anilines is 2. The molecule has 1 aromatic heterocycles. The number of piperazine rings is 1. The maximum atomic E-state index is 17.8. The monoisotopic (exact) mass is 915 g/mol. The van der Waals surface area contributed by atoms with E-state index in [1.54, 1.807) is 69.1 Å². The molecule has 2 saturated heterocycles. The fraction of sp³-hybridized carbons (Fsp3) is 0.520. The van der Waals surface area contributed by atoms with E-state index in [4.69, 9.17) is 28.9 Å². The second kappa shape index (κ2) is 20.0. The van der Waals surface area contributed by atoms with Crippen LogP contribution in [0.15, 0.2) is 54.6 Å². The number of nitriles is 1. The molecular formula is C50H61F4N7O5. The van der Waals surface area contributed by atoms with E-state index < -0.39 is 47.1 Å². The number of benzene rings is 3. The average molecular weight is 916 g/mol. The van der Waals surface area contributed by atoms with Gasteiger partial charge in [-0.2, -0.15) is 28.4 Å². The zero-order valence-corrected chi connectivity index (χ0v) is 39.2. The standard InChI is InChI=1S/C50H61F4N7O5/c1-31-24-40-41(56-47(65-30-36-10-9-21-58(36)6)57-46(40)59-22-23-61(35(29-59)19-20-55)48(62)66-49(3,4)5)26-39(31)43-44(50(52,53)54)32(2)25-42(45(43)51)60(27-33-11-15-37(63-7)16-12-33)28-34-13-17-38(64-8)18-14-34/h11-18,25,31,35-36,39H,9-10,19,21-24,26-30H2,1-8H3/t31?,35?,36-,39?/m0/s1. The highest BCUT2D eigenvalue weighted by molar-refractivity contribution is 5.69. The van der Waals surface area contributed by atoms with E-state index in [2.05, 4.69) is 11.0 Å². The summed E-state index contributed by atoms with van der Waals surface area (Å²) in [7, 11) is 5.16. The van der Waals surface area contributed by atoms with Gasteiger partial charge in [-0.3, -0.25) is 0 Å². The van der Waals surface area contributed by atoms with Crippen LogP contribution in [-0.4, -0.2) is 97.6 Å². The summed E-state index contributed by atoms with van der Waals surface area (Å²) in [6.07, 6.45) is -3.15. The van der Waals surface area contributed by atoms with Crippen LogP contribution in [-0.2, 0) is 36.8 Å². The molecule has 1 aliphatic carbocycles. The lowest BCUT2D eigenvalue weighted by Crippen LogP contribution is -2.56. The van der Waals surface area contributed by atoms with Crippen LogP contribution < -0.4 is 24.0 Å². The summed E-state index contributed by atoms with van der Waals surface area (Å²) in [5, 5.41) is 9.85. The number of methoxy groups -OCH3 is 2. The van der Waals surface area contributed by atoms with E-state index in [1.165, 1.54) is 13.0 Å². The molecule has 7 rings (SSSR count). The molecule has 0 N–H and O–H groups in total.